The van der Waals surface area contributed by atoms with Crippen LogP contribution in [0.25, 0.3) is 10.2 Å². The number of thioether (sulfide) groups is 1. The van der Waals surface area contributed by atoms with Gasteiger partial charge in [0.05, 0.1) is 36.8 Å². The maximum absolute atomic E-state index is 12.7. The van der Waals surface area contributed by atoms with Crippen molar-refractivity contribution in [1.82, 2.24) is 4.98 Å². The number of para-hydroxylation sites is 1. The second kappa shape index (κ2) is 7.89. The maximum atomic E-state index is 12.7. The third-order valence-corrected chi connectivity index (χ3v) is 6.64. The first-order valence-corrected chi connectivity index (χ1v) is 10.7. The summed E-state index contributed by atoms with van der Waals surface area (Å²) in [7, 11) is 3.22. The number of carbonyl (C=O) groups excluding carboxylic acids is 1. The number of hydrogen-bond donors (Lipinski definition) is 0. The summed E-state index contributed by atoms with van der Waals surface area (Å²) in [6.07, 6.45) is 0. The average molecular weight is 417 g/mol. The Kier molecular flexibility index (Phi) is 5.32. The molecule has 1 amide bonds. The zero-order valence-electron chi connectivity index (χ0n) is 15.8. The molecule has 2 heterocycles. The van der Waals surface area contributed by atoms with Gasteiger partial charge >= 0.3 is 0 Å². The minimum Gasteiger partial charge on any atom is -0.494 e. The van der Waals surface area contributed by atoms with Crippen LogP contribution in [0.15, 0.2) is 36.4 Å². The summed E-state index contributed by atoms with van der Waals surface area (Å²) >= 11 is 3.05. The van der Waals surface area contributed by atoms with Crippen LogP contribution in [0.5, 0.6) is 17.2 Å². The lowest BCUT2D eigenvalue weighted by molar-refractivity contribution is -0.115. The average Bonchev–Trinajstić information content (AvgIpc) is 3.29. The number of thiazole rings is 1. The van der Waals surface area contributed by atoms with Crippen LogP contribution in [0.4, 0.5) is 5.13 Å². The molecule has 0 radical (unpaired) electrons. The van der Waals surface area contributed by atoms with Gasteiger partial charge in [0.1, 0.15) is 11.1 Å². The van der Waals surface area contributed by atoms with Crippen molar-refractivity contribution >= 4 is 44.4 Å². The van der Waals surface area contributed by atoms with Crippen LogP contribution in [0, 0.1) is 0 Å². The Bertz CT molecular complexity index is 1020. The summed E-state index contributed by atoms with van der Waals surface area (Å²) in [5, 5.41) is 0.456. The number of rotatable bonds is 6. The third kappa shape index (κ3) is 3.27. The van der Waals surface area contributed by atoms with E-state index in [1.54, 1.807) is 30.9 Å². The predicted octanol–water partition coefficient (Wildman–Crippen LogP) is 4.49. The van der Waals surface area contributed by atoms with E-state index in [4.69, 9.17) is 19.2 Å². The van der Waals surface area contributed by atoms with Crippen molar-refractivity contribution in [3.05, 3.63) is 42.0 Å². The molecule has 4 rings (SSSR count). The van der Waals surface area contributed by atoms with E-state index in [1.807, 2.05) is 43.3 Å². The number of benzene rings is 2. The molecule has 6 nitrogen and oxygen atoms in total. The number of carbonyl (C=O) groups is 1. The molecule has 1 aliphatic heterocycles. The van der Waals surface area contributed by atoms with Crippen molar-refractivity contribution in [2.45, 2.75) is 12.3 Å². The first-order valence-electron chi connectivity index (χ1n) is 8.84. The van der Waals surface area contributed by atoms with Crippen molar-refractivity contribution in [3.8, 4) is 17.2 Å². The molecule has 1 atom stereocenters. The summed E-state index contributed by atoms with van der Waals surface area (Å²) in [6, 6.07) is 11.5. The van der Waals surface area contributed by atoms with Crippen LogP contribution >= 0.6 is 23.1 Å². The van der Waals surface area contributed by atoms with E-state index < -0.39 is 0 Å². The lowest BCUT2D eigenvalue weighted by Gasteiger charge is -2.23. The fourth-order valence-electron chi connectivity index (χ4n) is 3.22. The highest BCUT2D eigenvalue weighted by molar-refractivity contribution is 8.00. The van der Waals surface area contributed by atoms with Crippen LogP contribution in [-0.2, 0) is 4.79 Å². The van der Waals surface area contributed by atoms with E-state index in [0.717, 1.165) is 21.5 Å². The molecule has 2 aromatic carbocycles. The largest absolute Gasteiger partial charge is 0.494 e. The SMILES string of the molecule is CCOc1ccc2nc(N3C(=O)CS[C@H]3c3cccc(OC)c3OC)sc2c1. The number of amides is 1. The first-order chi connectivity index (χ1) is 13.7. The van der Waals surface area contributed by atoms with Crippen LogP contribution in [-0.4, -0.2) is 37.5 Å². The summed E-state index contributed by atoms with van der Waals surface area (Å²) < 4.78 is 17.6. The standard InChI is InChI=1S/C20H20N2O4S2/c1-4-26-12-8-9-14-16(10-12)28-20(21-14)22-17(23)11-27-19(22)13-6-5-7-15(24-2)18(13)25-3/h5-10,19H,4,11H2,1-3H3/t19-/m0/s1. The van der Waals surface area contributed by atoms with Gasteiger partial charge in [-0.15, -0.1) is 11.8 Å². The molecule has 0 unspecified atom stereocenters. The van der Waals surface area contributed by atoms with Gasteiger partial charge in [-0.1, -0.05) is 23.5 Å². The van der Waals surface area contributed by atoms with Crippen molar-refractivity contribution in [1.29, 1.82) is 0 Å². The van der Waals surface area contributed by atoms with Crippen molar-refractivity contribution in [2.75, 3.05) is 31.5 Å². The smallest absolute Gasteiger partial charge is 0.240 e. The van der Waals surface area contributed by atoms with Gasteiger partial charge in [-0.05, 0) is 31.2 Å². The molecule has 3 aromatic rings. The topological polar surface area (TPSA) is 60.9 Å². The molecule has 0 aliphatic carbocycles. The Hall–Kier alpha value is -2.45. The maximum Gasteiger partial charge on any atom is 0.240 e. The van der Waals surface area contributed by atoms with Crippen LogP contribution in [0.3, 0.4) is 0 Å². The number of ether oxygens (including phenoxy) is 3. The minimum atomic E-state index is -0.218. The number of nitrogens with zero attached hydrogens (tertiary/aromatic N) is 2. The fraction of sp³-hybridized carbons (Fsp3) is 0.300. The van der Waals surface area contributed by atoms with Gasteiger partial charge < -0.3 is 14.2 Å². The van der Waals surface area contributed by atoms with E-state index in [-0.39, 0.29) is 11.3 Å². The van der Waals surface area contributed by atoms with Crippen molar-refractivity contribution in [2.24, 2.45) is 0 Å². The fourth-order valence-corrected chi connectivity index (χ4v) is 5.50. The highest BCUT2D eigenvalue weighted by Gasteiger charge is 2.38. The second-order valence-electron chi connectivity index (χ2n) is 6.07. The van der Waals surface area contributed by atoms with Gasteiger partial charge in [0.2, 0.25) is 5.91 Å². The normalized spacial score (nSPS) is 16.6. The molecule has 1 aliphatic rings. The number of aromatic nitrogens is 1. The molecule has 0 bridgehead atoms. The van der Waals surface area contributed by atoms with E-state index in [0.29, 0.717) is 29.0 Å². The van der Waals surface area contributed by atoms with E-state index in [1.165, 1.54) is 11.3 Å². The number of hydrogen-bond acceptors (Lipinski definition) is 7. The molecule has 1 fully saturated rings. The molecule has 146 valence electrons. The highest BCUT2D eigenvalue weighted by atomic mass is 32.2. The quantitative estimate of drug-likeness (QED) is 0.590. The third-order valence-electron chi connectivity index (χ3n) is 4.43. The predicted molar refractivity (Wildman–Crippen MR) is 113 cm³/mol. The zero-order valence-corrected chi connectivity index (χ0v) is 17.4. The lowest BCUT2D eigenvalue weighted by atomic mass is 10.1. The van der Waals surface area contributed by atoms with Gasteiger partial charge in [-0.2, -0.15) is 0 Å². The number of anilines is 1. The van der Waals surface area contributed by atoms with Gasteiger partial charge in [0, 0.05) is 5.56 Å². The highest BCUT2D eigenvalue weighted by Crippen LogP contribution is 2.48. The lowest BCUT2D eigenvalue weighted by Crippen LogP contribution is -2.27. The Labute approximate surface area is 171 Å². The van der Waals surface area contributed by atoms with Crippen LogP contribution < -0.4 is 19.1 Å². The first kappa shape index (κ1) is 18.9. The van der Waals surface area contributed by atoms with Crippen LogP contribution in [0.1, 0.15) is 17.9 Å². The monoisotopic (exact) mass is 416 g/mol. The summed E-state index contributed by atoms with van der Waals surface area (Å²) in [4.78, 5) is 19.2. The molecule has 0 saturated carbocycles. The minimum absolute atomic E-state index is 0.0314. The van der Waals surface area contributed by atoms with Crippen molar-refractivity contribution < 1.29 is 19.0 Å². The van der Waals surface area contributed by atoms with Gasteiger partial charge in [0.25, 0.3) is 0 Å². The van der Waals surface area contributed by atoms with Gasteiger partial charge in [-0.25, -0.2) is 4.98 Å². The molecule has 0 N–H and O–H groups in total. The molecule has 1 aromatic heterocycles. The van der Waals surface area contributed by atoms with Gasteiger partial charge in [0.15, 0.2) is 16.6 Å². The second-order valence-corrected chi connectivity index (χ2v) is 8.15. The molecule has 1 saturated heterocycles. The van der Waals surface area contributed by atoms with Crippen molar-refractivity contribution in [3.63, 3.8) is 0 Å². The Morgan fingerprint density at radius 3 is 2.82 bits per heavy atom. The Morgan fingerprint density at radius 1 is 1.21 bits per heavy atom. The molecule has 8 heteroatoms. The summed E-state index contributed by atoms with van der Waals surface area (Å²) in [5.74, 6) is 2.51. The Balaban J connectivity index is 1.76. The summed E-state index contributed by atoms with van der Waals surface area (Å²) in [6.45, 7) is 2.56. The molecular weight excluding hydrogens is 396 g/mol. The molecule has 28 heavy (non-hydrogen) atoms. The summed E-state index contributed by atoms with van der Waals surface area (Å²) in [5.41, 5.74) is 1.75. The van der Waals surface area contributed by atoms with E-state index >= 15 is 0 Å². The number of methoxy groups -OCH3 is 2. The van der Waals surface area contributed by atoms with Gasteiger partial charge in [-0.3, -0.25) is 9.69 Å². The Morgan fingerprint density at radius 2 is 2.07 bits per heavy atom. The zero-order chi connectivity index (χ0) is 19.7. The van der Waals surface area contributed by atoms with E-state index in [9.17, 15) is 4.79 Å². The molecular formula is C20H20N2O4S2. The number of fused-ring (bicyclic) bond motifs is 1. The van der Waals surface area contributed by atoms with E-state index in [2.05, 4.69) is 0 Å². The van der Waals surface area contributed by atoms with Crippen LogP contribution in [0.2, 0.25) is 0 Å². The molecule has 0 spiro atoms.